The molecule has 0 saturated heterocycles. The molecule has 0 fully saturated rings. The Morgan fingerprint density at radius 1 is 1.10 bits per heavy atom. The fourth-order valence-corrected chi connectivity index (χ4v) is 3.68. The number of aliphatic carboxylic acids is 1. The third-order valence-electron chi connectivity index (χ3n) is 4.43. The van der Waals surface area contributed by atoms with Crippen molar-refractivity contribution in [2.24, 2.45) is 10.2 Å². The fraction of sp³-hybridized carbons (Fsp3) is 0.100. The van der Waals surface area contributed by atoms with E-state index >= 15 is 0 Å². The molecule has 0 unspecified atom stereocenters. The first-order valence-electron chi connectivity index (χ1n) is 8.87. The quantitative estimate of drug-likeness (QED) is 0.457. The van der Waals surface area contributed by atoms with Crippen LogP contribution < -0.4 is 0 Å². The highest BCUT2D eigenvalue weighted by molar-refractivity contribution is 8.14. The van der Waals surface area contributed by atoms with Gasteiger partial charge in [-0.3, -0.25) is 20.0 Å². The van der Waals surface area contributed by atoms with Crippen molar-refractivity contribution in [1.82, 2.24) is 10.2 Å². The maximum atomic E-state index is 11.5. The molecule has 0 bridgehead atoms. The van der Waals surface area contributed by atoms with E-state index in [1.165, 1.54) is 12.1 Å². The Kier molecular flexibility index (Phi) is 5.40. The third kappa shape index (κ3) is 4.28. The highest BCUT2D eigenvalue weighted by Crippen LogP contribution is 2.31. The van der Waals surface area contributed by atoms with Crippen LogP contribution in [0, 0.1) is 10.1 Å². The number of nitro groups is 1. The summed E-state index contributed by atoms with van der Waals surface area (Å²) in [6, 6.07) is 14.3. The first kappa shape index (κ1) is 19.5. The van der Waals surface area contributed by atoms with Crippen molar-refractivity contribution in [2.75, 3.05) is 5.75 Å². The van der Waals surface area contributed by atoms with Gasteiger partial charge in [0, 0.05) is 35.9 Å². The van der Waals surface area contributed by atoms with Crippen LogP contribution in [0.15, 0.2) is 64.9 Å². The van der Waals surface area contributed by atoms with Crippen LogP contribution in [0.1, 0.15) is 12.0 Å². The highest BCUT2D eigenvalue weighted by atomic mass is 32.2. The van der Waals surface area contributed by atoms with Gasteiger partial charge in [-0.1, -0.05) is 30.0 Å². The Hall–Kier alpha value is -3.79. The standard InChI is InChI=1S/C20H15N5O4S/c26-20(27)11-30-19-10-18(23-24-19)15-7-14(8-16(9-15)25(28)29)12-2-1-3-13(6-12)17-4-5-21-22-17/h1-9H,10-11H2,(H,21,22)(H,26,27). The predicted molar refractivity (Wildman–Crippen MR) is 115 cm³/mol. The molecule has 0 amide bonds. The van der Waals surface area contributed by atoms with E-state index in [-0.39, 0.29) is 11.4 Å². The van der Waals surface area contributed by atoms with E-state index in [1.807, 2.05) is 36.4 Å². The summed E-state index contributed by atoms with van der Waals surface area (Å²) < 4.78 is 0. The monoisotopic (exact) mass is 421 g/mol. The number of hydrogen-bond acceptors (Lipinski definition) is 7. The minimum Gasteiger partial charge on any atom is -0.481 e. The van der Waals surface area contributed by atoms with Gasteiger partial charge in [0.25, 0.3) is 5.69 Å². The summed E-state index contributed by atoms with van der Waals surface area (Å²) in [5.74, 6) is -1.05. The van der Waals surface area contributed by atoms with Gasteiger partial charge in [0.05, 0.1) is 22.1 Å². The van der Waals surface area contributed by atoms with Crippen LogP contribution in [0.5, 0.6) is 0 Å². The Morgan fingerprint density at radius 3 is 2.60 bits per heavy atom. The van der Waals surface area contributed by atoms with Crippen molar-refractivity contribution in [1.29, 1.82) is 0 Å². The van der Waals surface area contributed by atoms with Crippen LogP contribution in [-0.4, -0.2) is 42.7 Å². The summed E-state index contributed by atoms with van der Waals surface area (Å²) in [4.78, 5) is 21.8. The Labute approximate surface area is 174 Å². The second-order valence-electron chi connectivity index (χ2n) is 6.48. The zero-order chi connectivity index (χ0) is 21.1. The number of aromatic amines is 1. The molecular weight excluding hydrogens is 406 g/mol. The van der Waals surface area contributed by atoms with Gasteiger partial charge >= 0.3 is 5.97 Å². The van der Waals surface area contributed by atoms with Gasteiger partial charge < -0.3 is 5.11 Å². The van der Waals surface area contributed by atoms with Crippen LogP contribution >= 0.6 is 11.8 Å². The number of thioether (sulfide) groups is 1. The van der Waals surface area contributed by atoms with Crippen LogP contribution in [0.4, 0.5) is 5.69 Å². The van der Waals surface area contributed by atoms with Crippen molar-refractivity contribution in [2.45, 2.75) is 6.42 Å². The molecule has 2 aromatic carbocycles. The molecule has 2 heterocycles. The van der Waals surface area contributed by atoms with E-state index in [2.05, 4.69) is 20.4 Å². The molecule has 2 N–H and O–H groups in total. The lowest BCUT2D eigenvalue weighted by Crippen LogP contribution is -2.06. The number of carboxylic acid groups (broad SMARTS) is 1. The number of rotatable bonds is 6. The van der Waals surface area contributed by atoms with Crippen LogP contribution in [-0.2, 0) is 4.79 Å². The zero-order valence-electron chi connectivity index (χ0n) is 15.5. The first-order chi connectivity index (χ1) is 14.5. The molecule has 0 aliphatic carbocycles. The average Bonchev–Trinajstić information content (AvgIpc) is 3.44. The van der Waals surface area contributed by atoms with E-state index in [9.17, 15) is 14.9 Å². The van der Waals surface area contributed by atoms with Gasteiger partial charge in [-0.05, 0) is 29.3 Å². The lowest BCUT2D eigenvalue weighted by molar-refractivity contribution is -0.384. The number of non-ortho nitro benzene ring substituents is 1. The third-order valence-corrected chi connectivity index (χ3v) is 5.38. The molecule has 150 valence electrons. The molecule has 0 radical (unpaired) electrons. The summed E-state index contributed by atoms with van der Waals surface area (Å²) >= 11 is 1.09. The van der Waals surface area contributed by atoms with Gasteiger partial charge in [-0.15, -0.1) is 5.10 Å². The average molecular weight is 421 g/mol. The van der Waals surface area contributed by atoms with Crippen molar-refractivity contribution in [3.05, 3.63) is 70.4 Å². The maximum Gasteiger partial charge on any atom is 0.313 e. The van der Waals surface area contributed by atoms with Gasteiger partial charge in [0.1, 0.15) is 5.04 Å². The molecule has 1 aliphatic rings. The number of aromatic nitrogens is 2. The van der Waals surface area contributed by atoms with Gasteiger partial charge in [-0.25, -0.2) is 0 Å². The first-order valence-corrected chi connectivity index (χ1v) is 9.86. The van der Waals surface area contributed by atoms with Crippen molar-refractivity contribution in [3.63, 3.8) is 0 Å². The lowest BCUT2D eigenvalue weighted by Gasteiger charge is -2.08. The minimum atomic E-state index is -0.939. The van der Waals surface area contributed by atoms with Gasteiger partial charge in [0.2, 0.25) is 0 Å². The summed E-state index contributed by atoms with van der Waals surface area (Å²) in [5, 5.41) is 35.9. The van der Waals surface area contributed by atoms with Crippen molar-refractivity contribution >= 4 is 34.2 Å². The number of carboxylic acids is 1. The topological polar surface area (TPSA) is 134 Å². The van der Waals surface area contributed by atoms with Crippen molar-refractivity contribution < 1.29 is 14.8 Å². The molecule has 1 aromatic heterocycles. The smallest absolute Gasteiger partial charge is 0.313 e. The molecule has 0 saturated carbocycles. The maximum absolute atomic E-state index is 11.5. The number of nitrogens with zero attached hydrogens (tertiary/aromatic N) is 4. The fourth-order valence-electron chi connectivity index (χ4n) is 3.05. The molecule has 9 nitrogen and oxygen atoms in total. The minimum absolute atomic E-state index is 0.0521. The molecule has 4 rings (SSSR count). The molecule has 0 atom stereocenters. The van der Waals surface area contributed by atoms with E-state index in [0.29, 0.717) is 28.3 Å². The number of carbonyl (C=O) groups is 1. The summed E-state index contributed by atoms with van der Waals surface area (Å²) in [6.07, 6.45) is 2.00. The van der Waals surface area contributed by atoms with Crippen LogP contribution in [0.2, 0.25) is 0 Å². The van der Waals surface area contributed by atoms with E-state index < -0.39 is 10.9 Å². The summed E-state index contributed by atoms with van der Waals surface area (Å²) in [5.41, 5.74) is 4.34. The van der Waals surface area contributed by atoms with Crippen LogP contribution in [0.3, 0.4) is 0 Å². The summed E-state index contributed by atoms with van der Waals surface area (Å²) in [7, 11) is 0. The highest BCUT2D eigenvalue weighted by Gasteiger charge is 2.20. The summed E-state index contributed by atoms with van der Waals surface area (Å²) in [6.45, 7) is 0. The Morgan fingerprint density at radius 2 is 1.87 bits per heavy atom. The zero-order valence-corrected chi connectivity index (χ0v) is 16.3. The predicted octanol–water partition coefficient (Wildman–Crippen LogP) is 3.98. The molecule has 1 aliphatic heterocycles. The second-order valence-corrected chi connectivity index (χ2v) is 7.53. The molecule has 0 spiro atoms. The lowest BCUT2D eigenvalue weighted by atomic mass is 9.97. The normalized spacial score (nSPS) is 13.1. The SMILES string of the molecule is O=C(O)CSC1=NN=C(c2cc(-c3cccc(-c4ccn[nH]4)c3)cc([N+](=O)[O-])c2)C1. The van der Waals surface area contributed by atoms with Crippen molar-refractivity contribution in [3.8, 4) is 22.4 Å². The van der Waals surface area contributed by atoms with E-state index in [1.54, 1.807) is 6.20 Å². The molecular formula is C20H15N5O4S. The van der Waals surface area contributed by atoms with Gasteiger partial charge in [-0.2, -0.15) is 10.2 Å². The second kappa shape index (κ2) is 8.29. The van der Waals surface area contributed by atoms with E-state index in [4.69, 9.17) is 5.11 Å². The number of hydrogen-bond donors (Lipinski definition) is 2. The number of benzene rings is 2. The Balaban J connectivity index is 1.66. The molecule has 10 heteroatoms. The molecule has 3 aromatic rings. The van der Waals surface area contributed by atoms with Crippen LogP contribution in [0.25, 0.3) is 22.4 Å². The largest absolute Gasteiger partial charge is 0.481 e. The number of H-pyrrole nitrogens is 1. The van der Waals surface area contributed by atoms with E-state index in [0.717, 1.165) is 28.6 Å². The number of nitrogens with one attached hydrogen (secondary N) is 1. The Bertz CT molecular complexity index is 1190. The number of nitro benzene ring substituents is 1. The molecule has 30 heavy (non-hydrogen) atoms. The van der Waals surface area contributed by atoms with Gasteiger partial charge in [0.15, 0.2) is 0 Å².